The van der Waals surface area contributed by atoms with Gasteiger partial charge in [0.2, 0.25) is 0 Å². The van der Waals surface area contributed by atoms with Crippen LogP contribution >= 0.6 is 0 Å². The van der Waals surface area contributed by atoms with E-state index in [-0.39, 0.29) is 51.3 Å². The maximum absolute atomic E-state index is 8.52. The van der Waals surface area contributed by atoms with Crippen LogP contribution in [0.2, 0.25) is 0 Å². The molecule has 0 aliphatic heterocycles. The van der Waals surface area contributed by atoms with Gasteiger partial charge in [-0.2, -0.15) is 0 Å². The van der Waals surface area contributed by atoms with Crippen LogP contribution in [0.3, 0.4) is 0 Å². The van der Waals surface area contributed by atoms with Crippen LogP contribution < -0.4 is 12.3 Å². The minimum atomic E-state index is -5.17. The second kappa shape index (κ2) is 25.0. The van der Waals surface area contributed by atoms with E-state index in [4.69, 9.17) is 35.0 Å². The Morgan fingerprint density at radius 1 is 0.529 bits per heavy atom. The molecule has 0 fully saturated rings. The van der Waals surface area contributed by atoms with E-state index in [2.05, 4.69) is 0 Å². The van der Waals surface area contributed by atoms with Gasteiger partial charge in [0, 0.05) is 20.8 Å². The second-order valence-electron chi connectivity index (χ2n) is 0.816. The SMILES string of the molecule is O.O.O.O.O=S(=O)([O-])[O-].O=S(=O)([O-])[O-].[Fe+2].[NH4+].[NH4+]. The Bertz CT molecular complexity index is 219. The van der Waals surface area contributed by atoms with E-state index in [0.717, 1.165) is 0 Å². The van der Waals surface area contributed by atoms with E-state index < -0.39 is 20.8 Å². The normalized spacial score (nSPS) is 6.82. The summed E-state index contributed by atoms with van der Waals surface area (Å²) in [5.74, 6) is 0. The fourth-order valence-corrected chi connectivity index (χ4v) is 0. The van der Waals surface area contributed by atoms with Gasteiger partial charge in [0.05, 0.1) is 0 Å². The quantitative estimate of drug-likeness (QED) is 0.239. The fraction of sp³-hybridized carbons (Fsp3) is 0. The van der Waals surface area contributed by atoms with Crippen molar-refractivity contribution in [2.75, 3.05) is 0 Å². The molecule has 16 N–H and O–H groups in total. The third-order valence-electron chi connectivity index (χ3n) is 0. The summed E-state index contributed by atoms with van der Waals surface area (Å²) in [5.41, 5.74) is 0. The van der Waals surface area contributed by atoms with Crippen molar-refractivity contribution in [3.05, 3.63) is 0 Å². The van der Waals surface area contributed by atoms with Crippen LogP contribution in [0.15, 0.2) is 0 Å². The third kappa shape index (κ3) is 8300000. The molecule has 0 aromatic rings. The zero-order valence-corrected chi connectivity index (χ0v) is 11.2. The van der Waals surface area contributed by atoms with Crippen molar-refractivity contribution in [2.45, 2.75) is 0 Å². The van der Waals surface area contributed by atoms with Gasteiger partial charge in [0.25, 0.3) is 0 Å². The standard InChI is InChI=1S/Fe.2H3N.2H2O4S.4H2O/c;;;2*1-5(2,3)4;;;;/h;2*1H3;2*(H2,1,2,3,4);4*1H2/q+2;;;;;;;;/p-2. The zero-order valence-electron chi connectivity index (χ0n) is 8.44. The monoisotopic (exact) mass is 356 g/mol. The molecule has 0 aliphatic carbocycles. The molecule has 0 rings (SSSR count). The van der Waals surface area contributed by atoms with Gasteiger partial charge >= 0.3 is 17.1 Å². The van der Waals surface area contributed by atoms with Crippen LogP contribution in [0.4, 0.5) is 0 Å². The smallest absolute Gasteiger partial charge is 0.759 e. The van der Waals surface area contributed by atoms with E-state index in [9.17, 15) is 0 Å². The molecule has 0 radical (unpaired) electrons. The first-order valence-electron chi connectivity index (χ1n) is 1.33. The molecule has 0 spiro atoms. The Morgan fingerprint density at radius 3 is 0.529 bits per heavy atom. The van der Waals surface area contributed by atoms with Crippen LogP contribution in [-0.4, -0.2) is 57.0 Å². The van der Waals surface area contributed by atoms with Crippen molar-refractivity contribution in [3.8, 4) is 0 Å². The van der Waals surface area contributed by atoms with Crippen LogP contribution in [0.5, 0.6) is 0 Å². The van der Waals surface area contributed by atoms with E-state index in [0.29, 0.717) is 0 Å². The summed E-state index contributed by atoms with van der Waals surface area (Å²) >= 11 is 0. The van der Waals surface area contributed by atoms with Crippen molar-refractivity contribution >= 4 is 20.8 Å². The molecule has 0 unspecified atom stereocenters. The largest absolute Gasteiger partial charge is 2.00 e. The van der Waals surface area contributed by atoms with Crippen molar-refractivity contribution in [1.82, 2.24) is 12.3 Å². The summed E-state index contributed by atoms with van der Waals surface area (Å²) in [5, 5.41) is 0. The van der Waals surface area contributed by atoms with Gasteiger partial charge in [-0.15, -0.1) is 0 Å². The Hall–Kier alpha value is 0.0195. The van der Waals surface area contributed by atoms with Crippen molar-refractivity contribution in [1.29, 1.82) is 0 Å². The molecule has 17 heteroatoms. The Kier molecular flexibility index (Phi) is 99.9. The molecule has 0 saturated carbocycles. The Labute approximate surface area is 107 Å². The van der Waals surface area contributed by atoms with E-state index in [1.54, 1.807) is 0 Å². The second-order valence-corrected chi connectivity index (χ2v) is 2.45. The van der Waals surface area contributed by atoms with Crippen LogP contribution in [-0.2, 0) is 37.9 Å². The van der Waals surface area contributed by atoms with Crippen LogP contribution in [0.1, 0.15) is 0 Å². The van der Waals surface area contributed by atoms with Gasteiger partial charge in [0.1, 0.15) is 0 Å². The fourth-order valence-electron chi connectivity index (χ4n) is 0. The van der Waals surface area contributed by atoms with Gasteiger partial charge in [-0.3, -0.25) is 16.8 Å². The third-order valence-corrected chi connectivity index (χ3v) is 0. The van der Waals surface area contributed by atoms with Gasteiger partial charge in [-0.25, -0.2) is 0 Å². The van der Waals surface area contributed by atoms with Crippen molar-refractivity contribution in [3.63, 3.8) is 0 Å². The molecule has 14 nitrogen and oxygen atoms in total. The first-order valence-corrected chi connectivity index (χ1v) is 4.00. The van der Waals surface area contributed by atoms with Crippen molar-refractivity contribution in [2.24, 2.45) is 0 Å². The maximum atomic E-state index is 8.52. The minimum absolute atomic E-state index is 0. The molecule has 0 aromatic carbocycles. The first-order chi connectivity index (χ1) is 4.00. The van der Waals surface area contributed by atoms with E-state index >= 15 is 0 Å². The summed E-state index contributed by atoms with van der Waals surface area (Å²) in [6.07, 6.45) is 0. The summed E-state index contributed by atoms with van der Waals surface area (Å²) in [6, 6.07) is 0. The van der Waals surface area contributed by atoms with Crippen LogP contribution in [0.25, 0.3) is 0 Å². The topological polar surface area (TPSA) is 360 Å². The Balaban J connectivity index is -0.00000000762. The average molecular weight is 356 g/mol. The van der Waals surface area contributed by atoms with Gasteiger partial charge in [-0.05, 0) is 0 Å². The molecule has 17 heavy (non-hydrogen) atoms. The summed E-state index contributed by atoms with van der Waals surface area (Å²) < 4.78 is 68.2. The minimum Gasteiger partial charge on any atom is -0.759 e. The predicted octanol–water partition coefficient (Wildman–Crippen LogP) is -5.22. The van der Waals surface area contributed by atoms with Crippen molar-refractivity contribution < 1.29 is 74.0 Å². The molecule has 0 heterocycles. The first kappa shape index (κ1) is 67.9. The molecule has 0 bridgehead atoms. The van der Waals surface area contributed by atoms with Gasteiger partial charge in [0.15, 0.2) is 0 Å². The number of quaternary nitrogens is 2. The molecule has 0 aromatic heterocycles. The Morgan fingerprint density at radius 2 is 0.529 bits per heavy atom. The zero-order chi connectivity index (χ0) is 9.00. The molecule has 0 saturated heterocycles. The molecule has 0 amide bonds. The number of rotatable bonds is 0. The van der Waals surface area contributed by atoms with Gasteiger partial charge < -0.3 is 52.4 Å². The molecule has 0 atom stereocenters. The van der Waals surface area contributed by atoms with E-state index in [1.165, 1.54) is 0 Å². The molecular formula is H16FeN2O12S2. The average Bonchev–Trinajstić information content (AvgIpc) is 1.12. The molecule has 118 valence electrons. The predicted molar refractivity (Wildman–Crippen MR) is 47.4 cm³/mol. The summed E-state index contributed by atoms with van der Waals surface area (Å²) in [4.78, 5) is 0. The van der Waals surface area contributed by atoms with Crippen LogP contribution in [0, 0.1) is 0 Å². The van der Waals surface area contributed by atoms with Gasteiger partial charge in [-0.1, -0.05) is 0 Å². The summed E-state index contributed by atoms with van der Waals surface area (Å²) in [7, 11) is -10.3. The number of hydrogen-bond acceptors (Lipinski definition) is 8. The summed E-state index contributed by atoms with van der Waals surface area (Å²) in [6.45, 7) is 0. The molecular weight excluding hydrogens is 340 g/mol. The number of hydrogen-bond donors (Lipinski definition) is 2. The maximum Gasteiger partial charge on any atom is 2.00 e. The van der Waals surface area contributed by atoms with E-state index in [1.807, 2.05) is 0 Å². The molecule has 0 aliphatic rings.